The number of anilines is 1. The molecule has 1 fully saturated rings. The fourth-order valence-electron chi connectivity index (χ4n) is 2.05. The molecule has 0 bridgehead atoms. The number of ether oxygens (including phenoxy) is 1. The summed E-state index contributed by atoms with van der Waals surface area (Å²) in [6.07, 6.45) is 1.21. The molecule has 1 saturated carbocycles. The quantitative estimate of drug-likeness (QED) is 0.852. The molecule has 0 radical (unpaired) electrons. The lowest BCUT2D eigenvalue weighted by atomic mass is 9.73. The smallest absolute Gasteiger partial charge is 0.307 e. The van der Waals surface area contributed by atoms with E-state index >= 15 is 0 Å². The Bertz CT molecular complexity index is 472. The van der Waals surface area contributed by atoms with Crippen LogP contribution in [0.3, 0.4) is 0 Å². The fourth-order valence-corrected chi connectivity index (χ4v) is 2.05. The number of carboxylic acid groups (broad SMARTS) is 1. The van der Waals surface area contributed by atoms with Gasteiger partial charge in [0.2, 0.25) is 5.91 Å². The Morgan fingerprint density at radius 3 is 2.61 bits per heavy atom. The minimum absolute atomic E-state index is 0.234. The van der Waals surface area contributed by atoms with Crippen LogP contribution < -0.4 is 10.1 Å². The second-order valence-corrected chi connectivity index (χ2v) is 4.35. The Hall–Kier alpha value is -2.04. The molecule has 1 aliphatic carbocycles. The van der Waals surface area contributed by atoms with Crippen LogP contribution >= 0.6 is 0 Å². The van der Waals surface area contributed by atoms with Gasteiger partial charge in [0.05, 0.1) is 18.9 Å². The third-order valence-electron chi connectivity index (χ3n) is 3.27. The molecule has 1 aliphatic rings. The Labute approximate surface area is 105 Å². The fraction of sp³-hybridized carbons (Fsp3) is 0.385. The summed E-state index contributed by atoms with van der Waals surface area (Å²) in [6, 6.07) is 6.99. The van der Waals surface area contributed by atoms with E-state index in [0.717, 1.165) is 0 Å². The van der Waals surface area contributed by atoms with Crippen LogP contribution in [-0.2, 0) is 9.59 Å². The summed E-state index contributed by atoms with van der Waals surface area (Å²) in [7, 11) is 1.55. The molecule has 1 amide bonds. The van der Waals surface area contributed by atoms with Crippen LogP contribution in [0.2, 0.25) is 0 Å². The highest BCUT2D eigenvalue weighted by molar-refractivity contribution is 5.96. The maximum atomic E-state index is 11.9. The van der Waals surface area contributed by atoms with E-state index in [1.165, 1.54) is 0 Å². The summed E-state index contributed by atoms with van der Waals surface area (Å²) in [6.45, 7) is 0. The SMILES string of the molecule is COc1cccc(NC(=O)C2CCC2C(=O)O)c1. The predicted molar refractivity (Wildman–Crippen MR) is 65.5 cm³/mol. The normalized spacial score (nSPS) is 21.8. The van der Waals surface area contributed by atoms with E-state index in [1.807, 2.05) is 0 Å². The zero-order valence-corrected chi connectivity index (χ0v) is 10.1. The van der Waals surface area contributed by atoms with E-state index in [-0.39, 0.29) is 5.91 Å². The molecule has 2 N–H and O–H groups in total. The Balaban J connectivity index is 2.01. The molecule has 2 rings (SSSR count). The van der Waals surface area contributed by atoms with E-state index in [0.29, 0.717) is 24.3 Å². The number of carbonyl (C=O) groups is 2. The first kappa shape index (κ1) is 12.4. The first-order valence-corrected chi connectivity index (χ1v) is 5.79. The molecule has 2 unspecified atom stereocenters. The number of hydrogen-bond donors (Lipinski definition) is 2. The van der Waals surface area contributed by atoms with Crippen molar-refractivity contribution < 1.29 is 19.4 Å². The Morgan fingerprint density at radius 1 is 1.33 bits per heavy atom. The maximum absolute atomic E-state index is 11.9. The number of aliphatic carboxylic acids is 1. The van der Waals surface area contributed by atoms with Gasteiger partial charge < -0.3 is 15.2 Å². The average molecular weight is 249 g/mol. The number of carbonyl (C=O) groups excluding carboxylic acids is 1. The van der Waals surface area contributed by atoms with Crippen LogP contribution in [0, 0.1) is 11.8 Å². The largest absolute Gasteiger partial charge is 0.497 e. The number of carboxylic acids is 1. The molecule has 5 heteroatoms. The lowest BCUT2D eigenvalue weighted by molar-refractivity contribution is -0.151. The summed E-state index contributed by atoms with van der Waals surface area (Å²) in [5.74, 6) is -1.45. The Kier molecular flexibility index (Phi) is 3.50. The van der Waals surface area contributed by atoms with Crippen LogP contribution in [0.4, 0.5) is 5.69 Å². The molecule has 0 heterocycles. The summed E-state index contributed by atoms with van der Waals surface area (Å²) in [4.78, 5) is 22.7. The third-order valence-corrected chi connectivity index (χ3v) is 3.27. The second kappa shape index (κ2) is 5.08. The van der Waals surface area contributed by atoms with Crippen molar-refractivity contribution in [3.63, 3.8) is 0 Å². The van der Waals surface area contributed by atoms with E-state index in [2.05, 4.69) is 5.32 Å². The maximum Gasteiger partial charge on any atom is 0.307 e. The predicted octanol–water partition coefficient (Wildman–Crippen LogP) is 1.74. The summed E-state index contributed by atoms with van der Waals surface area (Å²) < 4.78 is 5.05. The van der Waals surface area contributed by atoms with Gasteiger partial charge in [0.1, 0.15) is 5.75 Å². The van der Waals surface area contributed by atoms with Crippen LogP contribution in [0.1, 0.15) is 12.8 Å². The zero-order valence-electron chi connectivity index (χ0n) is 10.1. The number of methoxy groups -OCH3 is 1. The van der Waals surface area contributed by atoms with Crippen molar-refractivity contribution in [2.45, 2.75) is 12.8 Å². The number of rotatable bonds is 4. The molecule has 0 saturated heterocycles. The molecule has 5 nitrogen and oxygen atoms in total. The van der Waals surface area contributed by atoms with Crippen molar-refractivity contribution in [1.82, 2.24) is 0 Å². The first-order valence-electron chi connectivity index (χ1n) is 5.79. The number of nitrogens with one attached hydrogen (secondary N) is 1. The Morgan fingerprint density at radius 2 is 2.06 bits per heavy atom. The van der Waals surface area contributed by atoms with Gasteiger partial charge in [-0.2, -0.15) is 0 Å². The molecular weight excluding hydrogens is 234 g/mol. The average Bonchev–Trinajstić information content (AvgIpc) is 2.26. The van der Waals surface area contributed by atoms with Crippen molar-refractivity contribution in [1.29, 1.82) is 0 Å². The monoisotopic (exact) mass is 249 g/mol. The minimum atomic E-state index is -0.896. The van der Waals surface area contributed by atoms with Gasteiger partial charge in [-0.3, -0.25) is 9.59 Å². The van der Waals surface area contributed by atoms with E-state index in [9.17, 15) is 9.59 Å². The van der Waals surface area contributed by atoms with Crippen LogP contribution in [0.15, 0.2) is 24.3 Å². The number of amides is 1. The third kappa shape index (κ3) is 2.45. The van der Waals surface area contributed by atoms with Crippen molar-refractivity contribution in [2.75, 3.05) is 12.4 Å². The summed E-state index contributed by atoms with van der Waals surface area (Å²) in [5, 5.41) is 11.6. The molecule has 0 spiro atoms. The second-order valence-electron chi connectivity index (χ2n) is 4.35. The highest BCUT2D eigenvalue weighted by Gasteiger charge is 2.41. The van der Waals surface area contributed by atoms with E-state index < -0.39 is 17.8 Å². The lowest BCUT2D eigenvalue weighted by Gasteiger charge is -2.31. The van der Waals surface area contributed by atoms with Gasteiger partial charge in [0, 0.05) is 11.8 Å². The van der Waals surface area contributed by atoms with Gasteiger partial charge in [0.25, 0.3) is 0 Å². The van der Waals surface area contributed by atoms with Crippen molar-refractivity contribution in [3.05, 3.63) is 24.3 Å². The van der Waals surface area contributed by atoms with Crippen LogP contribution in [0.5, 0.6) is 5.75 Å². The minimum Gasteiger partial charge on any atom is -0.497 e. The molecule has 0 aliphatic heterocycles. The van der Waals surface area contributed by atoms with Crippen molar-refractivity contribution in [3.8, 4) is 5.75 Å². The molecule has 96 valence electrons. The molecule has 1 aromatic rings. The number of benzene rings is 1. The highest BCUT2D eigenvalue weighted by atomic mass is 16.5. The van der Waals surface area contributed by atoms with Gasteiger partial charge in [-0.25, -0.2) is 0 Å². The molecule has 0 aromatic heterocycles. The van der Waals surface area contributed by atoms with Crippen LogP contribution in [-0.4, -0.2) is 24.1 Å². The van der Waals surface area contributed by atoms with E-state index in [4.69, 9.17) is 9.84 Å². The van der Waals surface area contributed by atoms with E-state index in [1.54, 1.807) is 31.4 Å². The zero-order chi connectivity index (χ0) is 13.1. The van der Waals surface area contributed by atoms with Gasteiger partial charge in [0.15, 0.2) is 0 Å². The molecule has 1 aromatic carbocycles. The van der Waals surface area contributed by atoms with Gasteiger partial charge in [-0.15, -0.1) is 0 Å². The van der Waals surface area contributed by atoms with Gasteiger partial charge in [-0.05, 0) is 25.0 Å². The lowest BCUT2D eigenvalue weighted by Crippen LogP contribution is -2.41. The van der Waals surface area contributed by atoms with Crippen molar-refractivity contribution in [2.24, 2.45) is 11.8 Å². The standard InChI is InChI=1S/C13H15NO4/c1-18-9-4-2-3-8(7-9)14-12(15)10-5-6-11(10)13(16)17/h2-4,7,10-11H,5-6H2,1H3,(H,14,15)(H,16,17). The molecule has 2 atom stereocenters. The summed E-state index contributed by atoms with van der Waals surface area (Å²) >= 11 is 0. The first-order chi connectivity index (χ1) is 8.61. The molecule has 18 heavy (non-hydrogen) atoms. The number of hydrogen-bond acceptors (Lipinski definition) is 3. The highest BCUT2D eigenvalue weighted by Crippen LogP contribution is 2.35. The van der Waals surface area contributed by atoms with Gasteiger partial charge >= 0.3 is 5.97 Å². The van der Waals surface area contributed by atoms with Crippen LogP contribution in [0.25, 0.3) is 0 Å². The van der Waals surface area contributed by atoms with Gasteiger partial charge in [-0.1, -0.05) is 6.07 Å². The topological polar surface area (TPSA) is 75.6 Å². The van der Waals surface area contributed by atoms with Crippen molar-refractivity contribution >= 4 is 17.6 Å². The summed E-state index contributed by atoms with van der Waals surface area (Å²) in [5.41, 5.74) is 0.621. The molecular formula is C13H15NO4.